The third-order valence-electron chi connectivity index (χ3n) is 1.71. The summed E-state index contributed by atoms with van der Waals surface area (Å²) in [6.07, 6.45) is 0. The Morgan fingerprint density at radius 1 is 1.19 bits per heavy atom. The van der Waals surface area contributed by atoms with E-state index in [2.05, 4.69) is 27.3 Å². The third-order valence-corrected chi connectivity index (χ3v) is 2.43. The Balaban J connectivity index is 2.47. The molecule has 0 aliphatic heterocycles. The van der Waals surface area contributed by atoms with Crippen molar-refractivity contribution in [3.63, 3.8) is 0 Å². The summed E-state index contributed by atoms with van der Waals surface area (Å²) in [5.74, 6) is -1.06. The van der Waals surface area contributed by atoms with E-state index in [1.54, 1.807) is 31.2 Å². The Labute approximate surface area is 107 Å². The number of esters is 2. The summed E-state index contributed by atoms with van der Waals surface area (Å²) < 4.78 is 10.4. The van der Waals surface area contributed by atoms with Crippen LogP contribution in [-0.2, 0) is 14.3 Å². The van der Waals surface area contributed by atoms with Crippen molar-refractivity contribution in [3.8, 4) is 0 Å². The van der Waals surface area contributed by atoms with Gasteiger partial charge in [0.1, 0.15) is 0 Å². The fraction of sp³-hybridized carbons (Fsp3) is 0.273. The molecule has 0 spiro atoms. The lowest BCUT2D eigenvalue weighted by Gasteiger charge is -2.04. The molecule has 0 bridgehead atoms. The van der Waals surface area contributed by atoms with Crippen molar-refractivity contribution >= 4 is 34.5 Å². The smallest absolute Gasteiger partial charge is 0.344 e. The molecule has 0 fully saturated rings. The first-order chi connectivity index (χ1) is 7.63. The number of rotatable bonds is 4. The zero-order valence-electron chi connectivity index (χ0n) is 8.73. The molecule has 0 atom stereocenters. The van der Waals surface area contributed by atoms with Gasteiger partial charge in [-0.25, -0.2) is 9.59 Å². The summed E-state index contributed by atoms with van der Waals surface area (Å²) in [6.45, 7) is 1.62. The number of hydrogen-bond donors (Lipinski definition) is 0. The molecule has 16 heavy (non-hydrogen) atoms. The lowest BCUT2D eigenvalue weighted by atomic mass is 10.2. The number of carbonyl (C=O) groups excluding carboxylic acids is 2. The molecule has 0 amide bonds. The molecule has 0 radical (unpaired) electrons. The summed E-state index contributed by atoms with van der Waals surface area (Å²) in [7, 11) is 0. The molecule has 0 N–H and O–H groups in total. The normalized spacial score (nSPS) is 9.62. The highest BCUT2D eigenvalue weighted by Gasteiger charge is 2.09. The number of carbonyl (C=O) groups is 2. The van der Waals surface area contributed by atoms with E-state index < -0.39 is 11.9 Å². The van der Waals surface area contributed by atoms with Crippen molar-refractivity contribution in [2.24, 2.45) is 0 Å². The first-order valence-corrected chi connectivity index (χ1v) is 5.79. The quantitative estimate of drug-likeness (QED) is 0.624. The van der Waals surface area contributed by atoms with E-state index in [0.29, 0.717) is 5.56 Å². The lowest BCUT2D eigenvalue weighted by molar-refractivity contribution is -0.146. The van der Waals surface area contributed by atoms with E-state index in [0.717, 1.165) is 3.57 Å². The Hall–Kier alpha value is -1.11. The second-order valence-corrected chi connectivity index (χ2v) is 4.13. The molecule has 4 nitrogen and oxygen atoms in total. The first-order valence-electron chi connectivity index (χ1n) is 4.71. The van der Waals surface area contributed by atoms with Gasteiger partial charge < -0.3 is 9.47 Å². The van der Waals surface area contributed by atoms with Crippen molar-refractivity contribution in [1.29, 1.82) is 0 Å². The largest absolute Gasteiger partial charge is 0.463 e. The predicted octanol–water partition coefficient (Wildman–Crippen LogP) is 2.01. The lowest BCUT2D eigenvalue weighted by Crippen LogP contribution is -2.16. The molecule has 0 saturated carbocycles. The topological polar surface area (TPSA) is 52.6 Å². The molecule has 0 heterocycles. The van der Waals surface area contributed by atoms with Gasteiger partial charge in [-0.15, -0.1) is 0 Å². The Morgan fingerprint density at radius 3 is 2.38 bits per heavy atom. The molecule has 0 unspecified atom stereocenters. The Morgan fingerprint density at radius 2 is 1.81 bits per heavy atom. The van der Waals surface area contributed by atoms with Gasteiger partial charge in [-0.3, -0.25) is 0 Å². The summed E-state index contributed by atoms with van der Waals surface area (Å²) in [5, 5.41) is 0. The highest BCUT2D eigenvalue weighted by atomic mass is 127. The average molecular weight is 334 g/mol. The van der Waals surface area contributed by atoms with Crippen molar-refractivity contribution in [1.82, 2.24) is 0 Å². The van der Waals surface area contributed by atoms with E-state index in [1.165, 1.54) is 0 Å². The van der Waals surface area contributed by atoms with Crippen LogP contribution in [0.3, 0.4) is 0 Å². The van der Waals surface area contributed by atoms with Gasteiger partial charge in [0, 0.05) is 3.57 Å². The van der Waals surface area contributed by atoms with E-state index >= 15 is 0 Å². The molecule has 1 aromatic carbocycles. The van der Waals surface area contributed by atoms with E-state index in [1.807, 2.05) is 0 Å². The first kappa shape index (κ1) is 13.0. The molecule has 0 saturated heterocycles. The van der Waals surface area contributed by atoms with Crippen molar-refractivity contribution in [2.45, 2.75) is 6.92 Å². The Kier molecular flexibility index (Phi) is 5.24. The molecular formula is C11H11IO4. The van der Waals surface area contributed by atoms with Crippen LogP contribution in [0.25, 0.3) is 0 Å². The van der Waals surface area contributed by atoms with Gasteiger partial charge >= 0.3 is 11.9 Å². The number of halogens is 1. The fourth-order valence-corrected chi connectivity index (χ4v) is 1.36. The fourth-order valence-electron chi connectivity index (χ4n) is 0.996. The van der Waals surface area contributed by atoms with E-state index in [-0.39, 0.29) is 13.2 Å². The third kappa shape index (κ3) is 4.18. The maximum atomic E-state index is 11.4. The van der Waals surface area contributed by atoms with Gasteiger partial charge in [0.25, 0.3) is 0 Å². The van der Waals surface area contributed by atoms with Crippen molar-refractivity contribution < 1.29 is 19.1 Å². The second kappa shape index (κ2) is 6.47. The van der Waals surface area contributed by atoms with Crippen LogP contribution in [0, 0.1) is 3.57 Å². The molecule has 1 rings (SSSR count). The maximum absolute atomic E-state index is 11.4. The van der Waals surface area contributed by atoms with Crippen LogP contribution in [0.2, 0.25) is 0 Å². The Bertz CT molecular complexity index is 372. The van der Waals surface area contributed by atoms with Crippen molar-refractivity contribution in [2.75, 3.05) is 13.2 Å². The van der Waals surface area contributed by atoms with E-state index in [4.69, 9.17) is 4.74 Å². The van der Waals surface area contributed by atoms with Gasteiger partial charge in [0.2, 0.25) is 0 Å². The van der Waals surface area contributed by atoms with Crippen LogP contribution >= 0.6 is 22.6 Å². The summed E-state index contributed by atoms with van der Waals surface area (Å²) in [6, 6.07) is 6.88. The van der Waals surface area contributed by atoms with Crippen LogP contribution in [0.4, 0.5) is 0 Å². The molecule has 1 aromatic rings. The van der Waals surface area contributed by atoms with Gasteiger partial charge in [-0.2, -0.15) is 0 Å². The summed E-state index contributed by atoms with van der Waals surface area (Å²) >= 11 is 2.14. The van der Waals surface area contributed by atoms with Gasteiger partial charge in [-0.1, -0.05) is 0 Å². The number of ether oxygens (including phenoxy) is 2. The second-order valence-electron chi connectivity index (χ2n) is 2.89. The van der Waals surface area contributed by atoms with Gasteiger partial charge in [0.15, 0.2) is 6.61 Å². The summed E-state index contributed by atoms with van der Waals surface area (Å²) in [5.41, 5.74) is 0.421. The van der Waals surface area contributed by atoms with Crippen molar-refractivity contribution in [3.05, 3.63) is 33.4 Å². The molecule has 5 heteroatoms. The van der Waals surface area contributed by atoms with Gasteiger partial charge in [-0.05, 0) is 53.8 Å². The molecular weight excluding hydrogens is 323 g/mol. The molecule has 86 valence electrons. The van der Waals surface area contributed by atoms with E-state index in [9.17, 15) is 9.59 Å². The molecule has 0 aliphatic carbocycles. The monoisotopic (exact) mass is 334 g/mol. The minimum Gasteiger partial charge on any atom is -0.463 e. The van der Waals surface area contributed by atoms with Gasteiger partial charge in [0.05, 0.1) is 12.2 Å². The highest BCUT2D eigenvalue weighted by molar-refractivity contribution is 14.1. The molecule has 0 aliphatic rings. The summed E-state index contributed by atoms with van der Waals surface area (Å²) in [4.78, 5) is 22.4. The standard InChI is InChI=1S/C11H11IO4/c1-2-15-10(13)7-16-11(14)8-3-5-9(12)6-4-8/h3-6H,2,7H2,1H3. The van der Waals surface area contributed by atoms with Crippen LogP contribution in [0.5, 0.6) is 0 Å². The number of hydrogen-bond acceptors (Lipinski definition) is 4. The predicted molar refractivity (Wildman–Crippen MR) is 66.1 cm³/mol. The van der Waals surface area contributed by atoms with Crippen LogP contribution in [0.15, 0.2) is 24.3 Å². The zero-order valence-corrected chi connectivity index (χ0v) is 10.9. The minimum atomic E-state index is -0.540. The van der Waals surface area contributed by atoms with Crippen LogP contribution in [0.1, 0.15) is 17.3 Å². The SMILES string of the molecule is CCOC(=O)COC(=O)c1ccc(I)cc1. The zero-order chi connectivity index (χ0) is 12.0. The van der Waals surface area contributed by atoms with Crippen LogP contribution in [-0.4, -0.2) is 25.2 Å². The maximum Gasteiger partial charge on any atom is 0.344 e. The highest BCUT2D eigenvalue weighted by Crippen LogP contribution is 2.07. The van der Waals surface area contributed by atoms with Crippen LogP contribution < -0.4 is 0 Å². The minimum absolute atomic E-state index is 0.278. The molecule has 0 aromatic heterocycles. The average Bonchev–Trinajstić information content (AvgIpc) is 2.27. The number of benzene rings is 1.